The number of rotatable bonds is 18. The molecule has 4 heterocycles. The average molecular weight is 930 g/mol. The molecule has 4 rings (SSSR count). The molecule has 2 aliphatic heterocycles. The molecule has 2 amide bonds. The largest absolute Gasteiger partial charge is 0.489 e. The molecule has 0 spiro atoms. The van der Waals surface area contributed by atoms with Crippen molar-refractivity contribution in [3.8, 4) is 11.5 Å². The van der Waals surface area contributed by atoms with Crippen LogP contribution in [0.2, 0.25) is 0 Å². The zero-order chi connectivity index (χ0) is 40.8. The van der Waals surface area contributed by atoms with Gasteiger partial charge in [-0.15, -0.1) is 48.3 Å². The third-order valence-corrected chi connectivity index (χ3v) is 11.1. The van der Waals surface area contributed by atoms with E-state index in [1.54, 1.807) is 45.1 Å². The number of ether oxygens (including phenoxy) is 2. The van der Waals surface area contributed by atoms with Gasteiger partial charge >= 0.3 is 11.3 Å². The third kappa shape index (κ3) is 15.6. The van der Waals surface area contributed by atoms with Crippen LogP contribution < -0.4 is 37.1 Å². The van der Waals surface area contributed by atoms with E-state index < -0.39 is 34.4 Å². The number of nitrogens with two attached hydrogens (primary N) is 1. The van der Waals surface area contributed by atoms with Gasteiger partial charge in [-0.25, -0.2) is 9.59 Å². The first-order valence-electron chi connectivity index (χ1n) is 17.9. The normalized spacial score (nSPS) is 19.7. The molecule has 20 heteroatoms. The molecule has 0 aromatic carbocycles. The van der Waals surface area contributed by atoms with Crippen molar-refractivity contribution < 1.29 is 50.2 Å². The molecule has 0 radical (unpaired) electrons. The molecule has 1 unspecified atom stereocenters. The molecular formula is C38H54Cl2FeN6O9S2. The molecule has 0 bridgehead atoms. The Kier molecular flexibility index (Phi) is 24.3. The maximum atomic E-state index is 12.9. The average Bonchev–Trinajstić information content (AvgIpc) is 3.77. The first-order chi connectivity index (χ1) is 26.1. The Hall–Kier alpha value is -3.51. The quantitative estimate of drug-likeness (QED) is 0.0434. The van der Waals surface area contributed by atoms with Crippen molar-refractivity contribution in [3.05, 3.63) is 81.9 Å². The molecule has 2 aromatic rings. The fourth-order valence-corrected chi connectivity index (χ4v) is 7.54. The molecule has 2 aromatic heterocycles. The van der Waals surface area contributed by atoms with Crippen LogP contribution in [0.4, 0.5) is 0 Å². The van der Waals surface area contributed by atoms with E-state index in [-0.39, 0.29) is 73.0 Å². The minimum absolute atomic E-state index is 0. The number of nitrogens with zero attached hydrogens (tertiary/aromatic N) is 3. The summed E-state index contributed by atoms with van der Waals surface area (Å²) in [5.74, 6) is 1.88. The Morgan fingerprint density at radius 1 is 0.897 bits per heavy atom. The summed E-state index contributed by atoms with van der Waals surface area (Å²) >= 11 is 2.85. The number of hydrogen-bond acceptors (Lipinski definition) is 15. The third-order valence-electron chi connectivity index (χ3n) is 8.24. The van der Waals surface area contributed by atoms with E-state index in [0.717, 1.165) is 17.9 Å². The molecule has 0 saturated heterocycles. The number of hydrogen-bond donors (Lipinski definition) is 4. The molecule has 324 valence electrons. The summed E-state index contributed by atoms with van der Waals surface area (Å²) in [5, 5.41) is 19.3. The standard InChI is InChI=1S/C19H25N3O5S.C19H27N3O4S.2ClH.Fe/c1-5-7-14(15-9-13(26-8-6-2)10-16(23)27-15)20-18(24)19(4)11-28-17(21-19)12(3)22-25;1-5-7-14(15-9-13(25-8-6-2)10-16(23)26-15)21-18(24)19(4)11-27-17(22-19)12(3)20;;;/h6,9-10,14,25H,2,5,7-8,11H2,1,3-4H3,(H,20,24);6,9-10,12,14H,2,5,7-8,11,20H2,1,3-4H3,(H,21,24);2*1H;/b22-12+;;;;/t14-,19+;12?,14-,19+;;;/m11.../s1. The van der Waals surface area contributed by atoms with E-state index >= 15 is 0 Å². The monoisotopic (exact) mass is 928 g/mol. The number of aliphatic imine (C=N–C) groups is 2. The van der Waals surface area contributed by atoms with Crippen molar-refractivity contribution in [2.75, 3.05) is 24.7 Å². The molecule has 15 nitrogen and oxygen atoms in total. The molecular weight excluding hydrogens is 875 g/mol. The SMILES string of the molecule is C=CCOc1cc([C@@H](CCC)NC(=O)[C@]2(C)CSC(/C(C)=N/O)=N2)oc(=O)c1.C=CCOc1cc([C@@H](CCC)NC(=O)[C@]2(C)CSC(C(C)N)=N2)oc(=O)c1.Cl.Cl.[Fe]. The number of thioether (sulfide) groups is 2. The van der Waals surface area contributed by atoms with E-state index in [2.05, 4.69) is 38.9 Å². The molecule has 5 atom stereocenters. The van der Waals surface area contributed by atoms with E-state index in [0.29, 0.717) is 58.1 Å². The van der Waals surface area contributed by atoms with Crippen LogP contribution in [0.1, 0.15) is 90.8 Å². The summed E-state index contributed by atoms with van der Waals surface area (Å²) in [4.78, 5) is 58.5. The van der Waals surface area contributed by atoms with E-state index in [4.69, 9.17) is 29.2 Å². The second-order valence-corrected chi connectivity index (χ2v) is 15.3. The summed E-state index contributed by atoms with van der Waals surface area (Å²) in [7, 11) is 0. The Morgan fingerprint density at radius 3 is 1.71 bits per heavy atom. The van der Waals surface area contributed by atoms with Crippen LogP contribution in [-0.2, 0) is 26.7 Å². The smallest absolute Gasteiger partial charge is 0.339 e. The van der Waals surface area contributed by atoms with Gasteiger partial charge in [0.2, 0.25) is 11.8 Å². The van der Waals surface area contributed by atoms with Crippen LogP contribution in [0, 0.1) is 0 Å². The zero-order valence-corrected chi connectivity index (χ0v) is 37.8. The molecule has 58 heavy (non-hydrogen) atoms. The van der Waals surface area contributed by atoms with Gasteiger partial charge in [0.1, 0.15) is 58.1 Å². The van der Waals surface area contributed by atoms with Crippen molar-refractivity contribution in [1.82, 2.24) is 10.6 Å². The van der Waals surface area contributed by atoms with Crippen LogP contribution in [0.25, 0.3) is 0 Å². The van der Waals surface area contributed by atoms with Crippen molar-refractivity contribution in [2.24, 2.45) is 20.9 Å². The zero-order valence-electron chi connectivity index (χ0n) is 33.4. The topological polar surface area (TPSA) is 220 Å². The number of carbonyl (C=O) groups is 2. The summed E-state index contributed by atoms with van der Waals surface area (Å²) in [5.41, 5.74) is 3.27. The fourth-order valence-electron chi connectivity index (χ4n) is 5.26. The molecule has 5 N–H and O–H groups in total. The van der Waals surface area contributed by atoms with Crippen molar-refractivity contribution in [3.63, 3.8) is 0 Å². The Morgan fingerprint density at radius 2 is 1.33 bits per heavy atom. The van der Waals surface area contributed by atoms with E-state index in [1.165, 1.54) is 35.7 Å². The second-order valence-electron chi connectivity index (χ2n) is 13.3. The van der Waals surface area contributed by atoms with Crippen LogP contribution >= 0.6 is 48.3 Å². The van der Waals surface area contributed by atoms with E-state index in [1.807, 2.05) is 20.8 Å². The van der Waals surface area contributed by atoms with Crippen LogP contribution in [0.15, 0.2) is 83.1 Å². The number of nitrogens with one attached hydrogen (secondary N) is 2. The second kappa shape index (κ2) is 25.9. The van der Waals surface area contributed by atoms with Gasteiger partial charge in [0.05, 0.1) is 29.3 Å². The molecule has 2 aliphatic rings. The number of halogens is 2. The molecule has 0 fully saturated rings. The number of carbonyl (C=O) groups excluding carboxylic acids is 2. The van der Waals surface area contributed by atoms with Gasteiger partial charge in [-0.3, -0.25) is 19.6 Å². The van der Waals surface area contributed by atoms with Gasteiger partial charge in [-0.2, -0.15) is 0 Å². The number of oxime groups is 1. The van der Waals surface area contributed by atoms with E-state index in [9.17, 15) is 19.2 Å². The Bertz CT molecular complexity index is 1910. The summed E-state index contributed by atoms with van der Waals surface area (Å²) < 4.78 is 21.5. The first-order valence-corrected chi connectivity index (χ1v) is 19.9. The summed E-state index contributed by atoms with van der Waals surface area (Å²) in [6.07, 6.45) is 5.93. The molecule has 0 aliphatic carbocycles. The summed E-state index contributed by atoms with van der Waals surface area (Å²) in [6, 6.07) is 4.62. The maximum absolute atomic E-state index is 12.9. The van der Waals surface area contributed by atoms with Crippen molar-refractivity contribution in [1.29, 1.82) is 0 Å². The van der Waals surface area contributed by atoms with Gasteiger partial charge in [0.25, 0.3) is 0 Å². The number of amides is 2. The van der Waals surface area contributed by atoms with Crippen LogP contribution in [0.5, 0.6) is 11.5 Å². The minimum Gasteiger partial charge on any atom is -0.489 e. The molecule has 0 saturated carbocycles. The Labute approximate surface area is 370 Å². The minimum atomic E-state index is -1.00. The van der Waals surface area contributed by atoms with Gasteiger partial charge in [-0.1, -0.05) is 57.2 Å². The van der Waals surface area contributed by atoms with Crippen LogP contribution in [0.3, 0.4) is 0 Å². The van der Waals surface area contributed by atoms with Gasteiger partial charge in [0, 0.05) is 46.7 Å². The maximum Gasteiger partial charge on any atom is 0.339 e. The van der Waals surface area contributed by atoms with Crippen molar-refractivity contribution in [2.45, 2.75) is 96.4 Å². The summed E-state index contributed by atoms with van der Waals surface area (Å²) in [6.45, 7) is 18.6. The fraction of sp³-hybridized carbons (Fsp3) is 0.500. The van der Waals surface area contributed by atoms with Gasteiger partial charge < -0.3 is 39.9 Å². The predicted molar refractivity (Wildman–Crippen MR) is 233 cm³/mol. The van der Waals surface area contributed by atoms with Gasteiger partial charge in [0.15, 0.2) is 0 Å². The van der Waals surface area contributed by atoms with Crippen molar-refractivity contribution >= 4 is 76.0 Å². The van der Waals surface area contributed by atoms with Gasteiger partial charge in [-0.05, 0) is 40.5 Å². The Balaban J connectivity index is 0.00000107. The van der Waals surface area contributed by atoms with Crippen LogP contribution in [-0.4, -0.2) is 74.7 Å². The first kappa shape index (κ1) is 54.5. The predicted octanol–water partition coefficient (Wildman–Crippen LogP) is 6.17.